The number of hydrogen-bond donors (Lipinski definition) is 1. The summed E-state index contributed by atoms with van der Waals surface area (Å²) >= 11 is 0. The third kappa shape index (κ3) is 4.12. The Bertz CT molecular complexity index is 1340. The Morgan fingerprint density at radius 2 is 1.84 bits per heavy atom. The van der Waals surface area contributed by atoms with Crippen molar-refractivity contribution in [3.05, 3.63) is 94.4 Å². The van der Waals surface area contributed by atoms with Gasteiger partial charge in [-0.1, -0.05) is 48.5 Å². The quantitative estimate of drug-likeness (QED) is 0.529. The Kier molecular flexibility index (Phi) is 5.42. The van der Waals surface area contributed by atoms with E-state index >= 15 is 0 Å². The summed E-state index contributed by atoms with van der Waals surface area (Å²) < 4.78 is 6.89. The Morgan fingerprint density at radius 3 is 2.72 bits per heavy atom. The van der Waals surface area contributed by atoms with Crippen LogP contribution in [0, 0.1) is 0 Å². The van der Waals surface area contributed by atoms with Crippen molar-refractivity contribution in [2.24, 2.45) is 0 Å². The van der Waals surface area contributed by atoms with Crippen LogP contribution < -0.4 is 15.6 Å². The lowest BCUT2D eigenvalue weighted by molar-refractivity contribution is -0.122. The fourth-order valence-electron chi connectivity index (χ4n) is 3.99. The first kappa shape index (κ1) is 20.0. The van der Waals surface area contributed by atoms with Crippen LogP contribution in [0.5, 0.6) is 5.75 Å². The van der Waals surface area contributed by atoms with Gasteiger partial charge in [0.1, 0.15) is 12.3 Å². The molecule has 5 rings (SSSR count). The summed E-state index contributed by atoms with van der Waals surface area (Å²) in [6.07, 6.45) is 3.70. The van der Waals surface area contributed by atoms with Crippen LogP contribution in [0.4, 0.5) is 0 Å². The summed E-state index contributed by atoms with van der Waals surface area (Å²) in [7, 11) is 0. The van der Waals surface area contributed by atoms with Gasteiger partial charge < -0.3 is 10.1 Å². The van der Waals surface area contributed by atoms with Crippen molar-refractivity contribution >= 4 is 16.7 Å². The highest BCUT2D eigenvalue weighted by Crippen LogP contribution is 2.30. The Balaban J connectivity index is 1.22. The molecule has 0 spiro atoms. The molecule has 3 aromatic carbocycles. The molecule has 32 heavy (non-hydrogen) atoms. The number of carbonyl (C=O) groups excluding carboxylic acids is 1. The summed E-state index contributed by atoms with van der Waals surface area (Å²) in [6, 6.07) is 21.7. The fourth-order valence-corrected chi connectivity index (χ4v) is 3.99. The molecule has 0 radical (unpaired) electrons. The molecule has 2 heterocycles. The number of ether oxygens (including phenoxy) is 1. The molecule has 0 bridgehead atoms. The van der Waals surface area contributed by atoms with Crippen molar-refractivity contribution in [2.45, 2.75) is 25.9 Å². The largest absolute Gasteiger partial charge is 0.493 e. The molecule has 0 aliphatic carbocycles. The number of nitrogens with one attached hydrogen (secondary N) is 1. The first-order valence-electron chi connectivity index (χ1n) is 10.7. The first-order valence-corrected chi connectivity index (χ1v) is 10.7. The van der Waals surface area contributed by atoms with E-state index in [2.05, 4.69) is 34.7 Å². The van der Waals surface area contributed by atoms with Crippen LogP contribution in [0.2, 0.25) is 0 Å². The molecule has 1 aliphatic heterocycles. The molecule has 0 saturated heterocycles. The van der Waals surface area contributed by atoms with Gasteiger partial charge in [0.25, 0.3) is 5.56 Å². The van der Waals surface area contributed by atoms with E-state index < -0.39 is 0 Å². The van der Waals surface area contributed by atoms with Crippen molar-refractivity contribution in [3.63, 3.8) is 0 Å². The molecule has 4 aromatic rings. The van der Waals surface area contributed by atoms with Crippen molar-refractivity contribution in [3.8, 4) is 16.9 Å². The van der Waals surface area contributed by atoms with E-state index in [1.807, 2.05) is 30.3 Å². The van der Waals surface area contributed by atoms with Gasteiger partial charge in [-0.25, -0.2) is 4.68 Å². The lowest BCUT2D eigenvalue weighted by atomic mass is 9.98. The Labute approximate surface area is 185 Å². The van der Waals surface area contributed by atoms with Gasteiger partial charge in [-0.05, 0) is 53.3 Å². The maximum atomic E-state index is 12.5. The van der Waals surface area contributed by atoms with E-state index in [0.29, 0.717) is 11.9 Å². The minimum Gasteiger partial charge on any atom is -0.493 e. The highest BCUT2D eigenvalue weighted by molar-refractivity contribution is 5.81. The number of carbonyl (C=O) groups is 1. The molecule has 160 valence electrons. The van der Waals surface area contributed by atoms with Crippen LogP contribution in [0.25, 0.3) is 21.9 Å². The minimum absolute atomic E-state index is 0.112. The molecule has 1 aromatic heterocycles. The molecular formula is C26H23N3O3. The van der Waals surface area contributed by atoms with Crippen molar-refractivity contribution in [1.82, 2.24) is 15.1 Å². The topological polar surface area (TPSA) is 73.2 Å². The summed E-state index contributed by atoms with van der Waals surface area (Å²) in [5.74, 6) is 0.730. The second kappa shape index (κ2) is 8.67. The van der Waals surface area contributed by atoms with Crippen LogP contribution in [-0.2, 0) is 24.3 Å². The SMILES string of the molecule is O=C(Cn1ncc2ccccc2c1=O)NCc1ccc(-c2ccc3c(c2)CCCO3)cc1. The Hall–Kier alpha value is -3.93. The average Bonchev–Trinajstić information content (AvgIpc) is 2.85. The van der Waals surface area contributed by atoms with Gasteiger partial charge in [-0.3, -0.25) is 9.59 Å². The monoisotopic (exact) mass is 425 g/mol. The summed E-state index contributed by atoms with van der Waals surface area (Å²) in [5, 5.41) is 8.30. The zero-order valence-corrected chi connectivity index (χ0v) is 17.6. The van der Waals surface area contributed by atoms with Gasteiger partial charge in [0, 0.05) is 11.9 Å². The van der Waals surface area contributed by atoms with E-state index in [-0.39, 0.29) is 18.0 Å². The van der Waals surface area contributed by atoms with Gasteiger partial charge in [-0.15, -0.1) is 0 Å². The highest BCUT2D eigenvalue weighted by atomic mass is 16.5. The normalized spacial score (nSPS) is 12.8. The van der Waals surface area contributed by atoms with Crippen LogP contribution in [-0.4, -0.2) is 22.3 Å². The molecule has 0 fully saturated rings. The number of aryl methyl sites for hydroxylation is 1. The zero-order chi connectivity index (χ0) is 21.9. The summed E-state index contributed by atoms with van der Waals surface area (Å²) in [4.78, 5) is 24.9. The molecule has 0 unspecified atom stereocenters. The number of rotatable bonds is 5. The van der Waals surface area contributed by atoms with Gasteiger partial charge in [0.05, 0.1) is 18.2 Å². The van der Waals surface area contributed by atoms with Crippen LogP contribution in [0.15, 0.2) is 77.7 Å². The van der Waals surface area contributed by atoms with Crippen LogP contribution in [0.3, 0.4) is 0 Å². The third-order valence-corrected chi connectivity index (χ3v) is 5.74. The number of fused-ring (bicyclic) bond motifs is 2. The molecule has 6 nitrogen and oxygen atoms in total. The summed E-state index contributed by atoms with van der Waals surface area (Å²) in [5.41, 5.74) is 4.26. The number of aromatic nitrogens is 2. The van der Waals surface area contributed by atoms with Crippen molar-refractivity contribution < 1.29 is 9.53 Å². The number of nitrogens with zero attached hydrogens (tertiary/aromatic N) is 2. The second-order valence-corrected chi connectivity index (χ2v) is 7.94. The number of benzene rings is 3. The van der Waals surface area contributed by atoms with Crippen LogP contribution in [0.1, 0.15) is 17.5 Å². The standard InChI is InChI=1S/C26H23N3O3/c30-25(17-29-26(31)23-6-2-1-4-22(23)16-28-29)27-15-18-7-9-19(10-8-18)20-11-12-24-21(14-20)5-3-13-32-24/h1-2,4,6-12,14,16H,3,5,13,15,17H2,(H,27,30). The van der Waals surface area contributed by atoms with Gasteiger partial charge in [-0.2, -0.15) is 5.10 Å². The predicted octanol–water partition coefficient (Wildman–Crippen LogP) is 3.70. The van der Waals surface area contributed by atoms with Crippen molar-refractivity contribution in [1.29, 1.82) is 0 Å². The van der Waals surface area contributed by atoms with Crippen molar-refractivity contribution in [2.75, 3.05) is 6.61 Å². The first-order chi connectivity index (χ1) is 15.7. The fraction of sp³-hybridized carbons (Fsp3) is 0.192. The maximum Gasteiger partial charge on any atom is 0.275 e. The average molecular weight is 425 g/mol. The van der Waals surface area contributed by atoms with Crippen LogP contribution >= 0.6 is 0 Å². The zero-order valence-electron chi connectivity index (χ0n) is 17.6. The maximum absolute atomic E-state index is 12.5. The minimum atomic E-state index is -0.266. The highest BCUT2D eigenvalue weighted by Gasteiger charge is 2.12. The Morgan fingerprint density at radius 1 is 1.03 bits per heavy atom. The number of amides is 1. The van der Waals surface area contributed by atoms with Gasteiger partial charge in [0.15, 0.2) is 0 Å². The van der Waals surface area contributed by atoms with E-state index in [1.165, 1.54) is 10.2 Å². The van der Waals surface area contributed by atoms with E-state index in [0.717, 1.165) is 47.3 Å². The van der Waals surface area contributed by atoms with E-state index in [9.17, 15) is 9.59 Å². The lowest BCUT2D eigenvalue weighted by Gasteiger charge is -2.18. The number of hydrogen-bond acceptors (Lipinski definition) is 4. The molecule has 0 atom stereocenters. The van der Waals surface area contributed by atoms with E-state index in [4.69, 9.17) is 4.74 Å². The second-order valence-electron chi connectivity index (χ2n) is 7.94. The molecule has 1 N–H and O–H groups in total. The lowest BCUT2D eigenvalue weighted by Crippen LogP contribution is -2.33. The molecule has 1 aliphatic rings. The molecule has 1 amide bonds. The molecular weight excluding hydrogens is 402 g/mol. The van der Waals surface area contributed by atoms with Gasteiger partial charge >= 0.3 is 0 Å². The molecule has 6 heteroatoms. The smallest absolute Gasteiger partial charge is 0.275 e. The third-order valence-electron chi connectivity index (χ3n) is 5.74. The predicted molar refractivity (Wildman–Crippen MR) is 124 cm³/mol. The molecule has 0 saturated carbocycles. The van der Waals surface area contributed by atoms with Gasteiger partial charge in [0.2, 0.25) is 5.91 Å². The summed E-state index contributed by atoms with van der Waals surface area (Å²) in [6.45, 7) is 1.07. The van der Waals surface area contributed by atoms with E-state index in [1.54, 1.807) is 18.3 Å².